The lowest BCUT2D eigenvalue weighted by Gasteiger charge is -2.47. The summed E-state index contributed by atoms with van der Waals surface area (Å²) in [4.78, 5) is 40.5. The molecule has 3 N–H and O–H groups in total. The fraction of sp³-hybridized carbons (Fsp3) is 0.333. The van der Waals surface area contributed by atoms with E-state index in [4.69, 9.17) is 28.9 Å². The molecule has 3 aliphatic rings. The number of amides is 2. The molecule has 0 radical (unpaired) electrons. The maximum absolute atomic E-state index is 15.9. The second-order valence-electron chi connectivity index (χ2n) is 11.1. The van der Waals surface area contributed by atoms with Crippen LogP contribution in [0.25, 0.3) is 0 Å². The van der Waals surface area contributed by atoms with Crippen molar-refractivity contribution in [2.24, 2.45) is 5.73 Å². The minimum absolute atomic E-state index is 0.0663. The summed E-state index contributed by atoms with van der Waals surface area (Å²) in [7, 11) is 0. The monoisotopic (exact) mass is 596 g/mol. The first kappa shape index (κ1) is 27.6. The van der Waals surface area contributed by atoms with Crippen molar-refractivity contribution in [1.29, 1.82) is 0 Å². The summed E-state index contributed by atoms with van der Waals surface area (Å²) >= 11 is 12.7. The summed E-state index contributed by atoms with van der Waals surface area (Å²) < 4.78 is 15.9. The van der Waals surface area contributed by atoms with Gasteiger partial charge in [-0.1, -0.05) is 72.8 Å². The van der Waals surface area contributed by atoms with Gasteiger partial charge < -0.3 is 10.6 Å². The predicted molar refractivity (Wildman–Crippen MR) is 154 cm³/mol. The van der Waals surface area contributed by atoms with E-state index in [-0.39, 0.29) is 28.7 Å². The van der Waals surface area contributed by atoms with Gasteiger partial charge in [0.15, 0.2) is 0 Å². The average molecular weight is 597 g/mol. The second kappa shape index (κ2) is 10.1. The molecule has 2 amide bonds. The molecule has 2 aliphatic heterocycles. The van der Waals surface area contributed by atoms with E-state index < -0.39 is 39.6 Å². The van der Waals surface area contributed by atoms with E-state index >= 15 is 9.18 Å². The minimum Gasteiger partial charge on any atom is -0.368 e. The smallest absolute Gasteiger partial charge is 0.269 e. The molecule has 2 heterocycles. The van der Waals surface area contributed by atoms with Crippen molar-refractivity contribution in [3.8, 4) is 0 Å². The van der Waals surface area contributed by atoms with Crippen molar-refractivity contribution in [3.63, 3.8) is 0 Å². The van der Waals surface area contributed by atoms with Gasteiger partial charge >= 0.3 is 0 Å². The fourth-order valence-corrected chi connectivity index (χ4v) is 7.82. The van der Waals surface area contributed by atoms with Crippen LogP contribution in [0.4, 0.5) is 15.8 Å². The first-order chi connectivity index (χ1) is 19.6. The van der Waals surface area contributed by atoms with Crippen LogP contribution < -0.4 is 16.0 Å². The number of nitrogens with one attached hydrogen (secondary N) is 1. The Kier molecular flexibility index (Phi) is 6.79. The van der Waals surface area contributed by atoms with Gasteiger partial charge in [-0.3, -0.25) is 25.0 Å². The maximum atomic E-state index is 15.9. The number of nitro groups is 1. The lowest BCUT2D eigenvalue weighted by atomic mass is 9.55. The number of primary amides is 1. The average Bonchev–Trinajstić information content (AvgIpc) is 3.36. The molecule has 3 aromatic rings. The Morgan fingerprint density at radius 1 is 1.10 bits per heavy atom. The molecular weight excluding hydrogens is 570 g/mol. The van der Waals surface area contributed by atoms with Crippen molar-refractivity contribution in [3.05, 3.63) is 103 Å². The largest absolute Gasteiger partial charge is 0.368 e. The maximum Gasteiger partial charge on any atom is 0.269 e. The zero-order valence-corrected chi connectivity index (χ0v) is 23.4. The molecule has 2 fully saturated rings. The van der Waals surface area contributed by atoms with Crippen molar-refractivity contribution < 1.29 is 18.9 Å². The molecular formula is C30H27Cl2FN4O4. The number of nitrogens with zero attached hydrogens (tertiary/aromatic N) is 2. The van der Waals surface area contributed by atoms with Gasteiger partial charge in [0, 0.05) is 34.3 Å². The standard InChI is InChI=1S/C30H27Cl2FN4O4/c31-18-9-12-21-23(15-18)36(16-17-7-10-19(11-8-17)37(40)41)28(39)30(21)24(20-5-4-6-22(32)25(20)33)26(27(34)38)35-29(30)13-2-1-3-14-29/h4-12,15,24,26,35H,1-3,13-14,16H2,(H2,34,38)/t24-,26?,30+/m0/s1. The summed E-state index contributed by atoms with van der Waals surface area (Å²) in [5.74, 6) is -2.69. The number of benzene rings is 3. The molecule has 1 saturated carbocycles. The number of fused-ring (bicyclic) bond motifs is 3. The lowest BCUT2D eigenvalue weighted by molar-refractivity contribution is -0.384. The quantitative estimate of drug-likeness (QED) is 0.286. The first-order valence-electron chi connectivity index (χ1n) is 13.5. The van der Waals surface area contributed by atoms with Crippen molar-refractivity contribution in [1.82, 2.24) is 5.32 Å². The van der Waals surface area contributed by atoms with Crippen LogP contribution in [0, 0.1) is 15.9 Å². The highest BCUT2D eigenvalue weighted by Gasteiger charge is 2.73. The molecule has 8 nitrogen and oxygen atoms in total. The highest BCUT2D eigenvalue weighted by atomic mass is 35.5. The van der Waals surface area contributed by atoms with Gasteiger partial charge in [-0.2, -0.15) is 0 Å². The summed E-state index contributed by atoms with van der Waals surface area (Å²) in [5.41, 5.74) is 5.60. The van der Waals surface area contributed by atoms with E-state index in [9.17, 15) is 14.9 Å². The summed E-state index contributed by atoms with van der Waals surface area (Å²) in [6.45, 7) is 0.0913. The van der Waals surface area contributed by atoms with Crippen LogP contribution in [0.1, 0.15) is 54.7 Å². The Balaban J connectivity index is 1.61. The molecule has 3 aromatic carbocycles. The van der Waals surface area contributed by atoms with E-state index in [1.165, 1.54) is 18.2 Å². The van der Waals surface area contributed by atoms with E-state index in [0.717, 1.165) is 19.3 Å². The molecule has 1 saturated heterocycles. The molecule has 2 spiro atoms. The van der Waals surface area contributed by atoms with E-state index in [2.05, 4.69) is 5.32 Å². The molecule has 0 bridgehead atoms. The number of halogens is 3. The third-order valence-corrected chi connectivity index (χ3v) is 9.59. The van der Waals surface area contributed by atoms with Crippen molar-refractivity contribution in [2.45, 2.75) is 61.6 Å². The van der Waals surface area contributed by atoms with Crippen LogP contribution in [0.2, 0.25) is 10.0 Å². The van der Waals surface area contributed by atoms with Crippen LogP contribution in [0.15, 0.2) is 60.7 Å². The molecule has 212 valence electrons. The Bertz CT molecular complexity index is 1580. The molecule has 0 aromatic heterocycles. The van der Waals surface area contributed by atoms with Crippen LogP contribution >= 0.6 is 23.2 Å². The second-order valence-corrected chi connectivity index (χ2v) is 11.9. The van der Waals surface area contributed by atoms with E-state index in [0.29, 0.717) is 34.7 Å². The van der Waals surface area contributed by atoms with Crippen molar-refractivity contribution in [2.75, 3.05) is 4.90 Å². The molecule has 3 atom stereocenters. The molecule has 11 heteroatoms. The van der Waals surface area contributed by atoms with Gasteiger partial charge in [-0.05, 0) is 47.7 Å². The third-order valence-electron chi connectivity index (χ3n) is 9.06. The number of carbonyl (C=O) groups is 2. The van der Waals surface area contributed by atoms with Crippen LogP contribution in [-0.2, 0) is 21.5 Å². The summed E-state index contributed by atoms with van der Waals surface area (Å²) in [6, 6.07) is 14.7. The SMILES string of the molecule is NC(=O)C1NC2(CCCCC2)[C@@]2(C(=O)N(Cc3ccc([N+](=O)[O-])cc3)c3cc(Cl)ccc32)[C@H]1c1cccc(Cl)c1F. The van der Waals surface area contributed by atoms with Gasteiger partial charge in [0.2, 0.25) is 11.8 Å². The van der Waals surface area contributed by atoms with Crippen LogP contribution in [0.5, 0.6) is 0 Å². The Hall–Kier alpha value is -3.53. The van der Waals surface area contributed by atoms with E-state index in [1.807, 2.05) is 0 Å². The number of hydrogen-bond donors (Lipinski definition) is 2. The topological polar surface area (TPSA) is 119 Å². The van der Waals surface area contributed by atoms with Crippen molar-refractivity contribution >= 4 is 46.4 Å². The first-order valence-corrected chi connectivity index (χ1v) is 14.2. The van der Waals surface area contributed by atoms with Gasteiger partial charge in [0.1, 0.15) is 11.2 Å². The lowest BCUT2D eigenvalue weighted by Crippen LogP contribution is -2.61. The third kappa shape index (κ3) is 4.05. The summed E-state index contributed by atoms with van der Waals surface area (Å²) in [5, 5.41) is 15.0. The highest BCUT2D eigenvalue weighted by molar-refractivity contribution is 6.31. The number of non-ortho nitro benzene ring substituents is 1. The molecule has 41 heavy (non-hydrogen) atoms. The zero-order valence-electron chi connectivity index (χ0n) is 21.9. The fourth-order valence-electron chi connectivity index (χ4n) is 7.47. The number of nitro benzene ring substituents is 1. The highest BCUT2D eigenvalue weighted by Crippen LogP contribution is 2.64. The number of hydrogen-bond acceptors (Lipinski definition) is 5. The minimum atomic E-state index is -1.40. The van der Waals surface area contributed by atoms with E-state index in [1.54, 1.807) is 47.4 Å². The number of carbonyl (C=O) groups excluding carboxylic acids is 2. The Morgan fingerprint density at radius 3 is 2.46 bits per heavy atom. The molecule has 1 aliphatic carbocycles. The molecule has 6 rings (SSSR count). The Morgan fingerprint density at radius 2 is 1.80 bits per heavy atom. The zero-order chi connectivity index (χ0) is 29.1. The number of rotatable bonds is 5. The van der Waals surface area contributed by atoms with Gasteiger partial charge in [-0.15, -0.1) is 0 Å². The number of nitrogens with two attached hydrogens (primary N) is 1. The molecule has 1 unspecified atom stereocenters. The Labute approximate surface area is 245 Å². The van der Waals surface area contributed by atoms with Gasteiger partial charge in [-0.25, -0.2) is 4.39 Å². The van der Waals surface area contributed by atoms with Gasteiger partial charge in [0.25, 0.3) is 5.69 Å². The normalized spacial score (nSPS) is 24.7. The predicted octanol–water partition coefficient (Wildman–Crippen LogP) is 5.77. The van der Waals surface area contributed by atoms with Gasteiger partial charge in [0.05, 0.1) is 22.5 Å². The van der Waals surface area contributed by atoms with Crippen LogP contribution in [-0.4, -0.2) is 28.3 Å². The van der Waals surface area contributed by atoms with Crippen LogP contribution in [0.3, 0.4) is 0 Å². The summed E-state index contributed by atoms with van der Waals surface area (Å²) in [6.07, 6.45) is 3.74. The number of anilines is 1.